The number of hydrogen-bond acceptors (Lipinski definition) is 0. The summed E-state index contributed by atoms with van der Waals surface area (Å²) in [6, 6.07) is 18.9. The van der Waals surface area contributed by atoms with Crippen molar-refractivity contribution in [3.8, 4) is 0 Å². The fourth-order valence-corrected chi connectivity index (χ4v) is 1.78. The van der Waals surface area contributed by atoms with E-state index in [-0.39, 0.29) is 0 Å². The van der Waals surface area contributed by atoms with E-state index in [9.17, 15) is 0 Å². The molecule has 0 heteroatoms. The van der Waals surface area contributed by atoms with E-state index in [4.69, 9.17) is 0 Å². The van der Waals surface area contributed by atoms with Gasteiger partial charge in [-0.15, -0.1) is 0 Å². The first kappa shape index (κ1) is 13.5. The van der Waals surface area contributed by atoms with E-state index in [1.807, 2.05) is 18.2 Å². The molecule has 0 nitrogen and oxygen atoms in total. The van der Waals surface area contributed by atoms with Crippen LogP contribution in [0.4, 0.5) is 0 Å². The van der Waals surface area contributed by atoms with Gasteiger partial charge in [-0.1, -0.05) is 74.0 Å². The zero-order valence-electron chi connectivity index (χ0n) is 11.1. The minimum Gasteiger partial charge on any atom is -0.0622 e. The molecule has 0 atom stereocenters. The van der Waals surface area contributed by atoms with Crippen molar-refractivity contribution in [3.05, 3.63) is 71.3 Å². The SMILES string of the molecule is CCc1ccccc1CC.Cc1ccccc1. The van der Waals surface area contributed by atoms with Gasteiger partial charge in [0.1, 0.15) is 0 Å². The molecule has 0 radical (unpaired) electrons. The summed E-state index contributed by atoms with van der Waals surface area (Å²) in [6.45, 7) is 6.49. The second-order valence-electron chi connectivity index (χ2n) is 4.13. The summed E-state index contributed by atoms with van der Waals surface area (Å²) >= 11 is 0. The van der Waals surface area contributed by atoms with Crippen LogP contribution in [0.25, 0.3) is 0 Å². The van der Waals surface area contributed by atoms with Gasteiger partial charge >= 0.3 is 0 Å². The van der Waals surface area contributed by atoms with Gasteiger partial charge in [-0.2, -0.15) is 0 Å². The van der Waals surface area contributed by atoms with Crippen molar-refractivity contribution in [1.29, 1.82) is 0 Å². The van der Waals surface area contributed by atoms with E-state index in [1.54, 1.807) is 0 Å². The quantitative estimate of drug-likeness (QED) is 0.689. The number of hydrogen-bond donors (Lipinski definition) is 0. The third-order valence-electron chi connectivity index (χ3n) is 2.82. The molecule has 0 aromatic heterocycles. The molecule has 0 fully saturated rings. The maximum absolute atomic E-state index is 2.21. The molecule has 0 saturated heterocycles. The van der Waals surface area contributed by atoms with E-state index in [2.05, 4.69) is 57.2 Å². The van der Waals surface area contributed by atoms with Crippen molar-refractivity contribution < 1.29 is 0 Å². The Hall–Kier alpha value is -1.56. The molecular weight excluding hydrogens is 204 g/mol. The molecule has 2 aromatic carbocycles. The Labute approximate surface area is 105 Å². The summed E-state index contributed by atoms with van der Waals surface area (Å²) in [5, 5.41) is 0. The maximum atomic E-state index is 2.21. The van der Waals surface area contributed by atoms with Crippen LogP contribution in [0.5, 0.6) is 0 Å². The largest absolute Gasteiger partial charge is 0.0622 e. The highest BCUT2D eigenvalue weighted by atomic mass is 14.0. The van der Waals surface area contributed by atoms with Crippen molar-refractivity contribution in [3.63, 3.8) is 0 Å². The van der Waals surface area contributed by atoms with E-state index < -0.39 is 0 Å². The first-order valence-electron chi connectivity index (χ1n) is 6.36. The summed E-state index contributed by atoms with van der Waals surface area (Å²) in [5.74, 6) is 0. The fourth-order valence-electron chi connectivity index (χ4n) is 1.78. The molecule has 0 saturated carbocycles. The Bertz CT molecular complexity index is 392. The van der Waals surface area contributed by atoms with Crippen molar-refractivity contribution >= 4 is 0 Å². The topological polar surface area (TPSA) is 0 Å². The Morgan fingerprint density at radius 3 is 1.35 bits per heavy atom. The Balaban J connectivity index is 0.000000181. The highest BCUT2D eigenvalue weighted by molar-refractivity contribution is 5.26. The summed E-state index contributed by atoms with van der Waals surface area (Å²) in [7, 11) is 0. The minimum absolute atomic E-state index is 1.16. The van der Waals surface area contributed by atoms with Crippen LogP contribution in [0.2, 0.25) is 0 Å². The second-order valence-corrected chi connectivity index (χ2v) is 4.13. The van der Waals surface area contributed by atoms with Crippen LogP contribution in [0.15, 0.2) is 54.6 Å². The zero-order chi connectivity index (χ0) is 12.5. The van der Waals surface area contributed by atoms with E-state index >= 15 is 0 Å². The normalized spacial score (nSPS) is 9.35. The molecular formula is C17H22. The average molecular weight is 226 g/mol. The molecule has 0 aliphatic heterocycles. The van der Waals surface area contributed by atoms with E-state index in [0.29, 0.717) is 0 Å². The first-order chi connectivity index (χ1) is 8.27. The Morgan fingerprint density at radius 2 is 1.06 bits per heavy atom. The van der Waals surface area contributed by atoms with Gasteiger partial charge < -0.3 is 0 Å². The van der Waals surface area contributed by atoms with Gasteiger partial charge in [-0.3, -0.25) is 0 Å². The smallest absolute Gasteiger partial charge is 0.0305 e. The molecule has 0 aliphatic carbocycles. The predicted molar refractivity (Wildman–Crippen MR) is 76.4 cm³/mol. The van der Waals surface area contributed by atoms with Gasteiger partial charge in [0.25, 0.3) is 0 Å². The molecule has 0 N–H and O–H groups in total. The standard InChI is InChI=1S/C10H14.C7H8/c1-3-9-7-5-6-8-10(9)4-2;1-7-5-3-2-4-6-7/h5-8H,3-4H2,1-2H3;2-6H,1H3. The van der Waals surface area contributed by atoms with E-state index in [0.717, 1.165) is 12.8 Å². The molecule has 2 rings (SSSR count). The molecule has 0 bridgehead atoms. The summed E-state index contributed by atoms with van der Waals surface area (Å²) in [5.41, 5.74) is 4.30. The fraction of sp³-hybridized carbons (Fsp3) is 0.294. The van der Waals surface area contributed by atoms with Crippen molar-refractivity contribution in [2.75, 3.05) is 0 Å². The molecule has 0 heterocycles. The van der Waals surface area contributed by atoms with Crippen molar-refractivity contribution in [1.82, 2.24) is 0 Å². The van der Waals surface area contributed by atoms with Gasteiger partial charge in [-0.05, 0) is 30.9 Å². The first-order valence-corrected chi connectivity index (χ1v) is 6.36. The maximum Gasteiger partial charge on any atom is -0.0305 e. The molecule has 2 aromatic rings. The number of aryl methyl sites for hydroxylation is 3. The number of benzene rings is 2. The molecule has 0 aliphatic rings. The third kappa shape index (κ3) is 4.86. The second kappa shape index (κ2) is 7.67. The highest BCUT2D eigenvalue weighted by Crippen LogP contribution is 2.08. The number of rotatable bonds is 2. The summed E-state index contributed by atoms with van der Waals surface area (Å²) in [6.07, 6.45) is 2.31. The Kier molecular flexibility index (Phi) is 6.09. The van der Waals surface area contributed by atoms with Gasteiger partial charge in [0.15, 0.2) is 0 Å². The summed E-state index contributed by atoms with van der Waals surface area (Å²) in [4.78, 5) is 0. The van der Waals surface area contributed by atoms with Crippen LogP contribution in [0, 0.1) is 6.92 Å². The van der Waals surface area contributed by atoms with Gasteiger partial charge in [-0.25, -0.2) is 0 Å². The van der Waals surface area contributed by atoms with Crippen LogP contribution in [-0.4, -0.2) is 0 Å². The average Bonchev–Trinajstić information content (AvgIpc) is 2.40. The van der Waals surface area contributed by atoms with E-state index in [1.165, 1.54) is 16.7 Å². The zero-order valence-corrected chi connectivity index (χ0v) is 11.1. The molecule has 0 amide bonds. The lowest BCUT2D eigenvalue weighted by Crippen LogP contribution is -1.88. The Morgan fingerprint density at radius 1 is 0.647 bits per heavy atom. The molecule has 90 valence electrons. The van der Waals surface area contributed by atoms with Crippen LogP contribution in [-0.2, 0) is 12.8 Å². The molecule has 17 heavy (non-hydrogen) atoms. The van der Waals surface area contributed by atoms with Crippen LogP contribution in [0.3, 0.4) is 0 Å². The lowest BCUT2D eigenvalue weighted by atomic mass is 10.0. The van der Waals surface area contributed by atoms with Crippen molar-refractivity contribution in [2.24, 2.45) is 0 Å². The lowest BCUT2D eigenvalue weighted by molar-refractivity contribution is 1.04. The minimum atomic E-state index is 1.16. The van der Waals surface area contributed by atoms with Gasteiger partial charge in [0.05, 0.1) is 0 Å². The van der Waals surface area contributed by atoms with Crippen molar-refractivity contribution in [2.45, 2.75) is 33.6 Å². The molecule has 0 unspecified atom stereocenters. The monoisotopic (exact) mass is 226 g/mol. The lowest BCUT2D eigenvalue weighted by Gasteiger charge is -2.02. The van der Waals surface area contributed by atoms with Crippen LogP contribution >= 0.6 is 0 Å². The summed E-state index contributed by atoms with van der Waals surface area (Å²) < 4.78 is 0. The predicted octanol–water partition coefficient (Wildman–Crippen LogP) is 4.81. The van der Waals surface area contributed by atoms with Gasteiger partial charge in [0.2, 0.25) is 0 Å². The van der Waals surface area contributed by atoms with Crippen LogP contribution in [0.1, 0.15) is 30.5 Å². The third-order valence-corrected chi connectivity index (χ3v) is 2.82. The molecule has 0 spiro atoms. The van der Waals surface area contributed by atoms with Gasteiger partial charge in [0, 0.05) is 0 Å². The highest BCUT2D eigenvalue weighted by Gasteiger charge is 1.93. The van der Waals surface area contributed by atoms with Crippen LogP contribution < -0.4 is 0 Å².